The molecule has 4 aromatic rings. The molecule has 0 aliphatic carbocycles. The molecule has 0 bridgehead atoms. The fourth-order valence-corrected chi connectivity index (χ4v) is 3.31. The number of aliphatic imine (C=N–C) groups is 1. The van der Waals surface area contributed by atoms with Crippen LogP contribution in [0.5, 0.6) is 0 Å². The smallest absolute Gasteiger partial charge is 0.359 e. The predicted octanol–water partition coefficient (Wildman–Crippen LogP) is 4.84. The zero-order valence-corrected chi connectivity index (χ0v) is 16.6. The molecule has 0 saturated heterocycles. The first kappa shape index (κ1) is 18.6. The molecule has 2 heterocycles. The van der Waals surface area contributed by atoms with Gasteiger partial charge in [0.15, 0.2) is 5.69 Å². The Kier molecular flexibility index (Phi) is 4.96. The lowest BCUT2D eigenvalue weighted by atomic mass is 10.0. The molecule has 29 heavy (non-hydrogen) atoms. The number of methoxy groups -OCH3 is 1. The third-order valence-corrected chi connectivity index (χ3v) is 4.93. The number of aromatic nitrogens is 2. The molecule has 0 amide bonds. The van der Waals surface area contributed by atoms with Crippen LogP contribution in [0.3, 0.4) is 0 Å². The molecule has 2 aromatic heterocycles. The summed E-state index contributed by atoms with van der Waals surface area (Å²) in [4.78, 5) is 22.0. The van der Waals surface area contributed by atoms with E-state index in [1.165, 1.54) is 7.11 Å². The van der Waals surface area contributed by atoms with Gasteiger partial charge in [-0.2, -0.15) is 0 Å². The first-order valence-electron chi connectivity index (χ1n) is 9.33. The Balaban J connectivity index is 1.99. The molecule has 5 nitrogen and oxygen atoms in total. The Morgan fingerprint density at radius 3 is 2.10 bits per heavy atom. The van der Waals surface area contributed by atoms with Crippen LogP contribution in [0.15, 0.2) is 77.8 Å². The predicted molar refractivity (Wildman–Crippen MR) is 115 cm³/mol. The van der Waals surface area contributed by atoms with Crippen LogP contribution in [0.1, 0.15) is 27.3 Å². The highest BCUT2D eigenvalue weighted by molar-refractivity contribution is 6.14. The maximum Gasteiger partial charge on any atom is 0.359 e. The summed E-state index contributed by atoms with van der Waals surface area (Å²) in [5.41, 5.74) is 5.14. The van der Waals surface area contributed by atoms with Gasteiger partial charge in [0, 0.05) is 29.3 Å². The highest BCUT2D eigenvalue weighted by Gasteiger charge is 2.19. The number of carbonyl (C=O) groups excluding carboxylic acids is 1. The zero-order valence-electron chi connectivity index (χ0n) is 16.6. The number of aryl methyl sites for hydroxylation is 2. The van der Waals surface area contributed by atoms with Crippen molar-refractivity contribution in [2.75, 3.05) is 7.11 Å². The molecular formula is C24H21N3O2. The second-order valence-electron chi connectivity index (χ2n) is 6.80. The molecule has 0 N–H and O–H groups in total. The van der Waals surface area contributed by atoms with Crippen molar-refractivity contribution in [1.29, 1.82) is 0 Å². The van der Waals surface area contributed by atoms with Crippen LogP contribution in [0, 0.1) is 6.92 Å². The normalized spacial score (nSPS) is 10.7. The Labute approximate surface area is 169 Å². The molecular weight excluding hydrogens is 362 g/mol. The number of carbonyl (C=O) groups is 1. The molecule has 0 aliphatic heterocycles. The molecule has 144 valence electrons. The van der Waals surface area contributed by atoms with Crippen LogP contribution in [0.4, 0.5) is 5.69 Å². The quantitative estimate of drug-likeness (QED) is 0.374. The number of pyridine rings is 1. The van der Waals surface area contributed by atoms with Crippen molar-refractivity contribution in [2.24, 2.45) is 12.0 Å². The van der Waals surface area contributed by atoms with Crippen molar-refractivity contribution in [3.8, 4) is 0 Å². The summed E-state index contributed by atoms with van der Waals surface area (Å²) >= 11 is 0. The summed E-state index contributed by atoms with van der Waals surface area (Å²) in [5.74, 6) is -0.509. The van der Waals surface area contributed by atoms with E-state index in [-0.39, 0.29) is 5.69 Å². The third-order valence-electron chi connectivity index (χ3n) is 4.93. The summed E-state index contributed by atoms with van der Waals surface area (Å²) in [5, 5.41) is 0.928. The minimum atomic E-state index is -0.509. The number of fused-ring (bicyclic) bond motifs is 1. The zero-order chi connectivity index (χ0) is 20.4. The van der Waals surface area contributed by atoms with Crippen LogP contribution in [-0.4, -0.2) is 28.3 Å². The van der Waals surface area contributed by atoms with Gasteiger partial charge in [0.1, 0.15) is 5.65 Å². The van der Waals surface area contributed by atoms with Crippen molar-refractivity contribution >= 4 is 28.4 Å². The van der Waals surface area contributed by atoms with Crippen LogP contribution in [-0.2, 0) is 11.8 Å². The number of ether oxygens (including phenoxy) is 1. The van der Waals surface area contributed by atoms with Crippen molar-refractivity contribution in [2.45, 2.75) is 6.92 Å². The van der Waals surface area contributed by atoms with Gasteiger partial charge in [-0.05, 0) is 19.1 Å². The Morgan fingerprint density at radius 2 is 1.55 bits per heavy atom. The third kappa shape index (κ3) is 3.55. The molecule has 0 radical (unpaired) electrons. The largest absolute Gasteiger partial charge is 0.464 e. The average Bonchev–Trinajstić information content (AvgIpc) is 3.04. The van der Waals surface area contributed by atoms with E-state index in [4.69, 9.17) is 9.73 Å². The molecule has 0 saturated carbocycles. The van der Waals surface area contributed by atoms with Gasteiger partial charge >= 0.3 is 5.97 Å². The highest BCUT2D eigenvalue weighted by Crippen LogP contribution is 2.28. The maximum absolute atomic E-state index is 12.5. The number of hydrogen-bond donors (Lipinski definition) is 0. The first-order valence-corrected chi connectivity index (χ1v) is 9.33. The van der Waals surface area contributed by atoms with E-state index in [1.54, 1.807) is 0 Å². The van der Waals surface area contributed by atoms with Crippen LogP contribution >= 0.6 is 0 Å². The minimum absolute atomic E-state index is 0.200. The summed E-state index contributed by atoms with van der Waals surface area (Å²) in [7, 11) is 3.28. The summed E-state index contributed by atoms with van der Waals surface area (Å²) in [6.07, 6.45) is 0. The Bertz CT molecular complexity index is 1170. The van der Waals surface area contributed by atoms with Gasteiger partial charge in [0.05, 0.1) is 18.5 Å². The van der Waals surface area contributed by atoms with Crippen molar-refractivity contribution in [3.63, 3.8) is 0 Å². The highest BCUT2D eigenvalue weighted by atomic mass is 16.5. The van der Waals surface area contributed by atoms with Crippen molar-refractivity contribution in [3.05, 3.63) is 95.3 Å². The molecule has 5 heteroatoms. The van der Waals surface area contributed by atoms with Gasteiger partial charge in [-0.15, -0.1) is 0 Å². The lowest BCUT2D eigenvalue weighted by molar-refractivity contribution is 0.0595. The topological polar surface area (TPSA) is 56.5 Å². The standard InChI is InChI=1S/C24H21N3O2/c1-16-14-19-15-20(22(24(28)29-3)26-23(19)27(16)2)25-21(17-10-6-4-7-11-17)18-12-8-5-9-13-18/h4-15H,1-3H3. The number of nitrogens with zero attached hydrogens (tertiary/aromatic N) is 3. The summed E-state index contributed by atoms with van der Waals surface area (Å²) in [6, 6.07) is 23.7. The average molecular weight is 383 g/mol. The van der Waals surface area contributed by atoms with Crippen molar-refractivity contribution < 1.29 is 9.53 Å². The van der Waals surface area contributed by atoms with E-state index in [9.17, 15) is 4.79 Å². The maximum atomic E-state index is 12.5. The van der Waals surface area contributed by atoms with Gasteiger partial charge in [0.25, 0.3) is 0 Å². The van der Waals surface area contributed by atoms with E-state index in [0.29, 0.717) is 5.69 Å². The van der Waals surface area contributed by atoms with Crippen LogP contribution < -0.4 is 0 Å². The minimum Gasteiger partial charge on any atom is -0.464 e. The van der Waals surface area contributed by atoms with Crippen molar-refractivity contribution in [1.82, 2.24) is 9.55 Å². The van der Waals surface area contributed by atoms with Gasteiger partial charge in [0.2, 0.25) is 0 Å². The monoisotopic (exact) mass is 383 g/mol. The van der Waals surface area contributed by atoms with E-state index in [0.717, 1.165) is 33.6 Å². The lowest BCUT2D eigenvalue weighted by Crippen LogP contribution is -2.08. The molecule has 0 spiro atoms. The fourth-order valence-electron chi connectivity index (χ4n) is 3.31. The number of hydrogen-bond acceptors (Lipinski definition) is 4. The number of esters is 1. The van der Waals surface area contributed by atoms with Crippen LogP contribution in [0.25, 0.3) is 11.0 Å². The lowest BCUT2D eigenvalue weighted by Gasteiger charge is -2.10. The van der Waals surface area contributed by atoms with Gasteiger partial charge in [-0.3, -0.25) is 0 Å². The molecule has 2 aromatic carbocycles. The number of rotatable bonds is 4. The van der Waals surface area contributed by atoms with E-state index >= 15 is 0 Å². The Morgan fingerprint density at radius 1 is 0.966 bits per heavy atom. The van der Waals surface area contributed by atoms with E-state index in [2.05, 4.69) is 4.98 Å². The molecule has 0 fully saturated rings. The van der Waals surface area contributed by atoms with Gasteiger partial charge < -0.3 is 9.30 Å². The van der Waals surface area contributed by atoms with Gasteiger partial charge in [-0.25, -0.2) is 14.8 Å². The molecule has 0 aliphatic rings. The molecule has 0 unspecified atom stereocenters. The van der Waals surface area contributed by atoms with Crippen LogP contribution in [0.2, 0.25) is 0 Å². The Hall–Kier alpha value is -3.73. The molecule has 0 atom stereocenters. The SMILES string of the molecule is COC(=O)c1nc2c(cc1N=C(c1ccccc1)c1ccccc1)cc(C)n2C. The summed E-state index contributed by atoms with van der Waals surface area (Å²) < 4.78 is 6.93. The fraction of sp³-hybridized carbons (Fsp3) is 0.125. The summed E-state index contributed by atoms with van der Waals surface area (Å²) in [6.45, 7) is 2.00. The first-order chi connectivity index (χ1) is 14.1. The van der Waals surface area contributed by atoms with Gasteiger partial charge in [-0.1, -0.05) is 60.7 Å². The second kappa shape index (κ2) is 7.72. The second-order valence-corrected chi connectivity index (χ2v) is 6.80. The van der Waals surface area contributed by atoms with E-state index < -0.39 is 5.97 Å². The van der Waals surface area contributed by atoms with E-state index in [1.807, 2.05) is 91.3 Å². The molecule has 4 rings (SSSR count). The number of benzene rings is 2.